The fourth-order valence-corrected chi connectivity index (χ4v) is 2.93. The van der Waals surface area contributed by atoms with Crippen LogP contribution in [0.15, 0.2) is 60.4 Å². The number of H-pyrrole nitrogens is 1. The topological polar surface area (TPSA) is 96.5 Å². The molecule has 4 aromatic rings. The molecule has 0 atom stereocenters. The number of nitrogens with one attached hydrogen (secondary N) is 2. The summed E-state index contributed by atoms with van der Waals surface area (Å²) in [6.45, 7) is 0. The number of hydrogen-bond donors (Lipinski definition) is 2. The van der Waals surface area contributed by atoms with Crippen LogP contribution in [0.25, 0.3) is 22.6 Å². The molecular weight excluding hydrogens is 336 g/mol. The maximum atomic E-state index is 12.4. The Morgan fingerprint density at radius 3 is 2.84 bits per heavy atom. The first-order valence-corrected chi connectivity index (χ1v) is 8.31. The molecule has 2 N–H and O–H groups in total. The van der Waals surface area contributed by atoms with E-state index in [4.69, 9.17) is 0 Å². The quantitative estimate of drug-likeness (QED) is 0.590. The van der Waals surface area contributed by atoms with Crippen molar-refractivity contribution in [2.45, 2.75) is 0 Å². The second-order valence-electron chi connectivity index (χ2n) is 5.12. The molecule has 0 saturated carbocycles. The average Bonchev–Trinajstić information content (AvgIpc) is 3.33. The van der Waals surface area contributed by atoms with Crippen molar-refractivity contribution in [3.63, 3.8) is 0 Å². The van der Waals surface area contributed by atoms with E-state index >= 15 is 0 Å². The lowest BCUT2D eigenvalue weighted by Gasteiger charge is -1.98. The predicted molar refractivity (Wildman–Crippen MR) is 95.1 cm³/mol. The van der Waals surface area contributed by atoms with Gasteiger partial charge in [-0.15, -0.1) is 11.3 Å². The summed E-state index contributed by atoms with van der Waals surface area (Å²) < 4.78 is 0. The minimum atomic E-state index is -0.301. The zero-order chi connectivity index (χ0) is 17.1. The molecule has 0 saturated heterocycles. The van der Waals surface area contributed by atoms with Crippen molar-refractivity contribution in [1.29, 1.82) is 0 Å². The Bertz CT molecular complexity index is 996. The van der Waals surface area contributed by atoms with Gasteiger partial charge in [0.25, 0.3) is 5.91 Å². The van der Waals surface area contributed by atoms with Crippen LogP contribution in [0.3, 0.4) is 0 Å². The second-order valence-corrected chi connectivity index (χ2v) is 5.97. The normalized spacial score (nSPS) is 10.6. The number of aromatic amines is 1. The van der Waals surface area contributed by atoms with Crippen molar-refractivity contribution >= 4 is 22.4 Å². The van der Waals surface area contributed by atoms with Gasteiger partial charge in [0.05, 0.1) is 11.4 Å². The first kappa shape index (κ1) is 15.2. The van der Waals surface area contributed by atoms with Crippen molar-refractivity contribution in [1.82, 2.24) is 25.1 Å². The first-order chi connectivity index (χ1) is 12.3. The summed E-state index contributed by atoms with van der Waals surface area (Å²) in [5.74, 6) is -0.301. The van der Waals surface area contributed by atoms with E-state index in [9.17, 15) is 4.79 Å². The Morgan fingerprint density at radius 1 is 1.08 bits per heavy atom. The van der Waals surface area contributed by atoms with Gasteiger partial charge in [-0.2, -0.15) is 5.10 Å². The van der Waals surface area contributed by atoms with Crippen molar-refractivity contribution < 1.29 is 4.79 Å². The van der Waals surface area contributed by atoms with Gasteiger partial charge in [0.1, 0.15) is 11.4 Å². The van der Waals surface area contributed by atoms with Crippen LogP contribution < -0.4 is 5.32 Å². The van der Waals surface area contributed by atoms with E-state index in [1.54, 1.807) is 24.7 Å². The average molecular weight is 348 g/mol. The Balaban J connectivity index is 1.50. The van der Waals surface area contributed by atoms with E-state index in [0.717, 1.165) is 17.0 Å². The SMILES string of the molecule is O=C(Nc1nc(-c2ccccn2)cs1)c1cc(-c2cccnc2)n[nH]1. The molecule has 0 spiro atoms. The summed E-state index contributed by atoms with van der Waals surface area (Å²) in [6, 6.07) is 11.0. The maximum Gasteiger partial charge on any atom is 0.275 e. The van der Waals surface area contributed by atoms with E-state index < -0.39 is 0 Å². The lowest BCUT2D eigenvalue weighted by atomic mass is 10.2. The molecule has 1 amide bonds. The summed E-state index contributed by atoms with van der Waals surface area (Å²) in [6.07, 6.45) is 5.08. The second kappa shape index (κ2) is 6.62. The number of aromatic nitrogens is 5. The molecule has 0 radical (unpaired) electrons. The van der Waals surface area contributed by atoms with Gasteiger partial charge >= 0.3 is 0 Å². The van der Waals surface area contributed by atoms with Crippen molar-refractivity contribution in [2.24, 2.45) is 0 Å². The lowest BCUT2D eigenvalue weighted by molar-refractivity contribution is 0.102. The predicted octanol–water partition coefficient (Wildman–Crippen LogP) is 3.24. The Kier molecular flexibility index (Phi) is 4.01. The molecule has 4 heterocycles. The molecule has 0 unspecified atom stereocenters. The number of anilines is 1. The largest absolute Gasteiger partial charge is 0.296 e. The fraction of sp³-hybridized carbons (Fsp3) is 0. The highest BCUT2D eigenvalue weighted by Crippen LogP contribution is 2.24. The minimum absolute atomic E-state index is 0.301. The highest BCUT2D eigenvalue weighted by Gasteiger charge is 2.13. The third-order valence-corrected chi connectivity index (χ3v) is 4.19. The summed E-state index contributed by atoms with van der Waals surface area (Å²) in [4.78, 5) is 25.0. The maximum absolute atomic E-state index is 12.4. The standard InChI is InChI=1S/C17H12N6OS/c24-16(14-8-13(22-23-14)11-4-3-6-18-9-11)21-17-20-15(10-25-17)12-5-1-2-7-19-12/h1-10H,(H,22,23)(H,20,21,24). The number of pyridine rings is 2. The molecule has 0 aliphatic rings. The van der Waals surface area contributed by atoms with E-state index in [2.05, 4.69) is 30.5 Å². The van der Waals surface area contributed by atoms with Gasteiger partial charge in [0, 0.05) is 29.5 Å². The van der Waals surface area contributed by atoms with Crippen LogP contribution in [-0.2, 0) is 0 Å². The molecule has 0 bridgehead atoms. The molecule has 25 heavy (non-hydrogen) atoms. The monoisotopic (exact) mass is 348 g/mol. The zero-order valence-corrected chi connectivity index (χ0v) is 13.7. The van der Waals surface area contributed by atoms with Crippen LogP contribution in [-0.4, -0.2) is 31.1 Å². The van der Waals surface area contributed by atoms with Crippen molar-refractivity contribution in [3.05, 3.63) is 66.1 Å². The third kappa shape index (κ3) is 3.29. The molecule has 7 nitrogen and oxygen atoms in total. The molecule has 4 rings (SSSR count). The number of thiazole rings is 1. The van der Waals surface area contributed by atoms with Gasteiger partial charge in [-0.1, -0.05) is 6.07 Å². The van der Waals surface area contributed by atoms with E-state index in [1.165, 1.54) is 11.3 Å². The third-order valence-electron chi connectivity index (χ3n) is 3.43. The number of carbonyl (C=O) groups excluding carboxylic acids is 1. The Hall–Kier alpha value is -3.39. The Labute approximate surface area is 146 Å². The highest BCUT2D eigenvalue weighted by molar-refractivity contribution is 7.14. The van der Waals surface area contributed by atoms with Gasteiger partial charge in [-0.05, 0) is 30.3 Å². The van der Waals surface area contributed by atoms with Crippen LogP contribution in [0.1, 0.15) is 10.5 Å². The Morgan fingerprint density at radius 2 is 2.04 bits per heavy atom. The molecule has 122 valence electrons. The van der Waals surface area contributed by atoms with Crippen LogP contribution >= 0.6 is 11.3 Å². The van der Waals surface area contributed by atoms with Gasteiger partial charge in [0.15, 0.2) is 5.13 Å². The van der Waals surface area contributed by atoms with Gasteiger partial charge in [0.2, 0.25) is 0 Å². The molecule has 8 heteroatoms. The van der Waals surface area contributed by atoms with Crippen LogP contribution in [0.5, 0.6) is 0 Å². The van der Waals surface area contributed by atoms with Crippen LogP contribution in [0.4, 0.5) is 5.13 Å². The molecular formula is C17H12N6OS. The molecule has 0 aliphatic heterocycles. The minimum Gasteiger partial charge on any atom is -0.296 e. The van der Waals surface area contributed by atoms with Crippen LogP contribution in [0.2, 0.25) is 0 Å². The summed E-state index contributed by atoms with van der Waals surface area (Å²) >= 11 is 1.34. The number of amides is 1. The number of hydrogen-bond acceptors (Lipinski definition) is 6. The fourth-order valence-electron chi connectivity index (χ4n) is 2.23. The summed E-state index contributed by atoms with van der Waals surface area (Å²) in [5.41, 5.74) is 3.34. The molecule has 0 aliphatic carbocycles. The van der Waals surface area contributed by atoms with Crippen molar-refractivity contribution in [3.8, 4) is 22.6 Å². The van der Waals surface area contributed by atoms with E-state index in [1.807, 2.05) is 35.7 Å². The smallest absolute Gasteiger partial charge is 0.275 e. The molecule has 4 aromatic heterocycles. The first-order valence-electron chi connectivity index (χ1n) is 7.44. The van der Waals surface area contributed by atoms with E-state index in [0.29, 0.717) is 16.5 Å². The number of nitrogens with zero attached hydrogens (tertiary/aromatic N) is 4. The van der Waals surface area contributed by atoms with E-state index in [-0.39, 0.29) is 5.91 Å². The van der Waals surface area contributed by atoms with Gasteiger partial charge < -0.3 is 0 Å². The summed E-state index contributed by atoms with van der Waals surface area (Å²) in [7, 11) is 0. The van der Waals surface area contributed by atoms with Crippen molar-refractivity contribution in [2.75, 3.05) is 5.32 Å². The lowest BCUT2D eigenvalue weighted by Crippen LogP contribution is -2.12. The molecule has 0 aromatic carbocycles. The van der Waals surface area contributed by atoms with Crippen LogP contribution in [0, 0.1) is 0 Å². The highest BCUT2D eigenvalue weighted by atomic mass is 32.1. The van der Waals surface area contributed by atoms with Gasteiger partial charge in [-0.25, -0.2) is 4.98 Å². The zero-order valence-electron chi connectivity index (χ0n) is 12.9. The molecule has 0 fully saturated rings. The summed E-state index contributed by atoms with van der Waals surface area (Å²) in [5, 5.41) is 12.0. The van der Waals surface area contributed by atoms with Gasteiger partial charge in [-0.3, -0.25) is 25.2 Å². The number of carbonyl (C=O) groups is 1. The number of rotatable bonds is 4.